The van der Waals surface area contributed by atoms with Crippen LogP contribution >= 0.6 is 11.6 Å². The van der Waals surface area contributed by atoms with Gasteiger partial charge in [-0.15, -0.1) is 0 Å². The number of fused-ring (bicyclic) bond motifs is 3. The Morgan fingerprint density at radius 2 is 1.70 bits per heavy atom. The Labute approximate surface area is 321 Å². The molecule has 0 fully saturated rings. The molecule has 0 spiro atoms. The number of furan rings is 1. The van der Waals surface area contributed by atoms with Gasteiger partial charge in [-0.1, -0.05) is 35.6 Å². The average molecular weight is 789 g/mol. The monoisotopic (exact) mass is 788 g/mol. The summed E-state index contributed by atoms with van der Waals surface area (Å²) in [4.78, 5) is 35.9. The molecule has 1 amide bonds. The molecule has 286 valence electrons. The van der Waals surface area contributed by atoms with Crippen molar-refractivity contribution in [3.63, 3.8) is 0 Å². The number of aromatic nitrogens is 2. The third kappa shape index (κ3) is 9.80. The van der Waals surface area contributed by atoms with Gasteiger partial charge in [0, 0.05) is 39.7 Å². The molecule has 1 aliphatic heterocycles. The van der Waals surface area contributed by atoms with E-state index in [1.807, 2.05) is 6.07 Å². The second-order valence-electron chi connectivity index (χ2n) is 11.2. The van der Waals surface area contributed by atoms with Gasteiger partial charge in [0.1, 0.15) is 17.3 Å². The maximum Gasteiger partial charge on any atom is 0.490 e. The van der Waals surface area contributed by atoms with Crippen LogP contribution in [0.15, 0.2) is 82.3 Å². The normalized spacial score (nSPS) is 11.3. The highest BCUT2D eigenvalue weighted by atomic mass is 35.5. The molecule has 5 N–H and O–H groups in total. The summed E-state index contributed by atoms with van der Waals surface area (Å²) in [5.74, 6) is 9.46. The lowest BCUT2D eigenvalue weighted by molar-refractivity contribution is -0.192. The van der Waals surface area contributed by atoms with Crippen LogP contribution in [0, 0.1) is 29.5 Å². The van der Waals surface area contributed by atoms with Crippen LogP contribution in [0.3, 0.4) is 0 Å². The van der Waals surface area contributed by atoms with Crippen LogP contribution in [-0.2, 0) is 11.3 Å². The van der Waals surface area contributed by atoms with E-state index in [-0.39, 0.29) is 37.1 Å². The Bertz CT molecular complexity index is 2450. The predicted molar refractivity (Wildman–Crippen MR) is 199 cm³/mol. The topological polar surface area (TPSA) is 174 Å². The molecule has 17 heteroatoms. The minimum absolute atomic E-state index is 0.0806. The summed E-state index contributed by atoms with van der Waals surface area (Å²) in [5, 5.41) is 13.5. The van der Waals surface area contributed by atoms with Gasteiger partial charge in [-0.3, -0.25) is 9.79 Å². The van der Waals surface area contributed by atoms with E-state index in [2.05, 4.69) is 39.3 Å². The number of rotatable bonds is 7. The van der Waals surface area contributed by atoms with Crippen molar-refractivity contribution in [3.8, 4) is 46.4 Å². The van der Waals surface area contributed by atoms with Crippen molar-refractivity contribution >= 4 is 40.8 Å². The van der Waals surface area contributed by atoms with E-state index >= 15 is 4.39 Å². The average Bonchev–Trinajstić information content (AvgIpc) is 3.57. The van der Waals surface area contributed by atoms with Gasteiger partial charge in [0.25, 0.3) is 5.91 Å². The highest BCUT2D eigenvalue weighted by Gasteiger charge is 2.38. The lowest BCUT2D eigenvalue weighted by Gasteiger charge is -2.15. The smallest absolute Gasteiger partial charge is 0.490 e. The molecular weight excluding hydrogens is 760 g/mol. The number of nitrogens with zero attached hydrogens (tertiary/aromatic N) is 3. The fraction of sp³-hybridized carbons (Fsp3) is 0.154. The molecule has 2 aromatic heterocycles. The van der Waals surface area contributed by atoms with Gasteiger partial charge in [-0.25, -0.2) is 19.2 Å². The summed E-state index contributed by atoms with van der Waals surface area (Å²) in [6.07, 6.45) is -3.41. The first kappa shape index (κ1) is 40.3. The van der Waals surface area contributed by atoms with Gasteiger partial charge in [-0.2, -0.15) is 13.2 Å². The standard InChI is InChI=1S/C37H28ClFN6O4.C2HF3O2/c1-47-31-9-3-8-30(39)33(31)35-29-18-23(38)10-14-27(29)34-22(20-42-35)21-43-37(45-34)44-24-11-15-28(32(19-24)48-2)36(46)41-17-5-7-26-13-12-25(49-26)6-4-16-40;3-2(4,5)1(6)7/h3,8-15,18-19,21H,16-17,20,40H2,1-2H3,(H,41,46)(H,43,44,45);(H,6,7). The number of carbonyl (C=O) groups is 2. The molecule has 6 rings (SSSR count). The van der Waals surface area contributed by atoms with Crippen molar-refractivity contribution in [1.29, 1.82) is 0 Å². The Hall–Kier alpha value is -6.88. The number of carboxylic acids is 1. The number of alkyl halides is 3. The molecule has 0 saturated carbocycles. The predicted octanol–water partition coefficient (Wildman–Crippen LogP) is 6.37. The van der Waals surface area contributed by atoms with Crippen LogP contribution in [0.25, 0.3) is 11.3 Å². The van der Waals surface area contributed by atoms with Gasteiger partial charge in [0.15, 0.2) is 11.5 Å². The van der Waals surface area contributed by atoms with Crippen molar-refractivity contribution < 1.29 is 46.1 Å². The maximum absolute atomic E-state index is 15.2. The van der Waals surface area contributed by atoms with Crippen molar-refractivity contribution in [3.05, 3.63) is 118 Å². The molecule has 0 saturated heterocycles. The number of nitrogens with two attached hydrogens (primary N) is 1. The fourth-order valence-electron chi connectivity index (χ4n) is 5.15. The number of halogens is 5. The van der Waals surface area contributed by atoms with Crippen LogP contribution in [0.5, 0.6) is 11.5 Å². The van der Waals surface area contributed by atoms with Crippen molar-refractivity contribution in [2.24, 2.45) is 10.7 Å². The van der Waals surface area contributed by atoms with E-state index in [1.54, 1.807) is 60.8 Å². The van der Waals surface area contributed by atoms with E-state index in [0.29, 0.717) is 61.8 Å². The number of methoxy groups -OCH3 is 2. The summed E-state index contributed by atoms with van der Waals surface area (Å²) in [6.45, 7) is 0.508. The molecule has 5 aromatic rings. The molecule has 3 heterocycles. The number of ether oxygens (including phenoxy) is 2. The first-order chi connectivity index (χ1) is 26.8. The van der Waals surface area contributed by atoms with Gasteiger partial charge in [0.2, 0.25) is 5.95 Å². The van der Waals surface area contributed by atoms with E-state index in [0.717, 1.165) is 5.56 Å². The molecule has 0 atom stereocenters. The molecular formula is C39H29ClF4N6O6. The zero-order valence-electron chi connectivity index (χ0n) is 29.3. The number of anilines is 2. The zero-order valence-corrected chi connectivity index (χ0v) is 30.1. The minimum atomic E-state index is -5.08. The lowest BCUT2D eigenvalue weighted by atomic mass is 9.94. The molecule has 0 radical (unpaired) electrons. The Morgan fingerprint density at radius 1 is 0.982 bits per heavy atom. The van der Waals surface area contributed by atoms with Crippen LogP contribution in [0.1, 0.15) is 38.6 Å². The summed E-state index contributed by atoms with van der Waals surface area (Å²) < 4.78 is 63.4. The zero-order chi connectivity index (χ0) is 40.4. The summed E-state index contributed by atoms with van der Waals surface area (Å²) in [6, 6.07) is 18.3. The molecule has 0 unspecified atom stereocenters. The summed E-state index contributed by atoms with van der Waals surface area (Å²) >= 11 is 6.42. The maximum atomic E-state index is 15.2. The lowest BCUT2D eigenvalue weighted by Crippen LogP contribution is -2.24. The van der Waals surface area contributed by atoms with Crippen LogP contribution in [0.4, 0.5) is 29.2 Å². The highest BCUT2D eigenvalue weighted by Crippen LogP contribution is 2.36. The van der Waals surface area contributed by atoms with Crippen molar-refractivity contribution in [1.82, 2.24) is 15.3 Å². The first-order valence-electron chi connectivity index (χ1n) is 16.2. The van der Waals surface area contributed by atoms with Crippen LogP contribution < -0.4 is 25.8 Å². The second-order valence-corrected chi connectivity index (χ2v) is 11.7. The highest BCUT2D eigenvalue weighted by molar-refractivity contribution is 6.31. The molecule has 12 nitrogen and oxygen atoms in total. The number of nitrogens with one attached hydrogen (secondary N) is 2. The second kappa shape index (κ2) is 18.0. The van der Waals surface area contributed by atoms with Crippen molar-refractivity contribution in [2.75, 3.05) is 32.6 Å². The van der Waals surface area contributed by atoms with Gasteiger partial charge in [0.05, 0.1) is 56.4 Å². The molecule has 0 aliphatic carbocycles. The van der Waals surface area contributed by atoms with Crippen LogP contribution in [-0.4, -0.2) is 66.1 Å². The largest absolute Gasteiger partial charge is 0.496 e. The molecule has 56 heavy (non-hydrogen) atoms. The SMILES string of the molecule is COc1cc(Nc2ncc3c(n2)-c2ccc(Cl)cc2C(c2c(F)cccc2OC)=NC3)ccc1C(=O)NCC#Cc1ccc(C#CCN)o1.O=C(O)C(F)(F)F. The summed E-state index contributed by atoms with van der Waals surface area (Å²) in [5.41, 5.74) is 9.55. The quantitative estimate of drug-likeness (QED) is 0.107. The van der Waals surface area contributed by atoms with Crippen LogP contribution in [0.2, 0.25) is 5.02 Å². The minimum Gasteiger partial charge on any atom is -0.496 e. The first-order valence-corrected chi connectivity index (χ1v) is 16.5. The van der Waals surface area contributed by atoms with Gasteiger partial charge < -0.3 is 35.4 Å². The number of amides is 1. The molecule has 3 aromatic carbocycles. The Morgan fingerprint density at radius 3 is 2.38 bits per heavy atom. The third-order valence-electron chi connectivity index (χ3n) is 7.61. The number of aliphatic carboxylic acids is 1. The molecule has 0 bridgehead atoms. The number of hydrogen-bond acceptors (Lipinski definition) is 10. The van der Waals surface area contributed by atoms with E-state index in [1.165, 1.54) is 20.3 Å². The number of benzene rings is 3. The number of hydrogen-bond donors (Lipinski definition) is 4. The summed E-state index contributed by atoms with van der Waals surface area (Å²) in [7, 11) is 2.96. The number of carboxylic acid groups (broad SMARTS) is 1. The third-order valence-corrected chi connectivity index (χ3v) is 7.84. The fourth-order valence-corrected chi connectivity index (χ4v) is 5.32. The van der Waals surface area contributed by atoms with E-state index in [9.17, 15) is 18.0 Å². The van der Waals surface area contributed by atoms with Crippen molar-refractivity contribution in [2.45, 2.75) is 12.7 Å². The Balaban J connectivity index is 0.000000784. The molecule has 1 aliphatic rings. The van der Waals surface area contributed by atoms with Gasteiger partial charge in [-0.05, 0) is 60.4 Å². The number of carbonyl (C=O) groups excluding carboxylic acids is 1. The van der Waals surface area contributed by atoms with E-state index < -0.39 is 18.0 Å². The van der Waals surface area contributed by atoms with Gasteiger partial charge >= 0.3 is 12.1 Å². The van der Waals surface area contributed by atoms with E-state index in [4.69, 9.17) is 51.1 Å². The Kier molecular flexibility index (Phi) is 12.9. The number of aliphatic imine (C=N–C) groups is 1.